The molecule has 0 spiro atoms. The molecule has 0 bridgehead atoms. The van der Waals surface area contributed by atoms with Gasteiger partial charge in [-0.05, 0) is 112 Å². The van der Waals surface area contributed by atoms with Crippen LogP contribution >= 0.6 is 0 Å². The van der Waals surface area contributed by atoms with Crippen LogP contribution in [0.5, 0.6) is 28.7 Å². The Balaban J connectivity index is 0.872. The molecule has 45 nitrogen and oxygen atoms in total. The molecule has 0 radical (unpaired) electrons. The van der Waals surface area contributed by atoms with Crippen LogP contribution in [0.3, 0.4) is 0 Å². The highest BCUT2D eigenvalue weighted by molar-refractivity contribution is 6.32. The molecule has 3 saturated heterocycles. The number of carbonyl (C=O) groups is 15. The molecular weight excluding hydrogens is 1690 g/mol. The Morgan fingerprint density at radius 3 is 1.90 bits per heavy atom. The van der Waals surface area contributed by atoms with Crippen molar-refractivity contribution in [3.05, 3.63) is 129 Å². The lowest BCUT2D eigenvalue weighted by Crippen LogP contribution is -2.61. The second kappa shape index (κ2) is 44.0. The molecule has 1 aliphatic carbocycles. The van der Waals surface area contributed by atoms with Crippen molar-refractivity contribution in [1.29, 1.82) is 5.41 Å². The molecule has 29 N–H and O–H groups in total. The van der Waals surface area contributed by atoms with Gasteiger partial charge in [0.1, 0.15) is 102 Å². The number of nitrogens with two attached hydrogens (primary N) is 2. The number of ether oxygens (including phenoxy) is 1. The van der Waals surface area contributed by atoms with Crippen LogP contribution in [0.4, 0.5) is 0 Å². The number of nitrogens with zero attached hydrogens (tertiary/aromatic N) is 2. The minimum atomic E-state index is -2.17. The van der Waals surface area contributed by atoms with Crippen LogP contribution in [-0.2, 0) is 81.5 Å². The zero-order chi connectivity index (χ0) is 93.9. The lowest BCUT2D eigenvalue weighted by atomic mass is 9.77. The number of rotatable bonds is 42. The normalized spacial score (nSPS) is 19.2. The van der Waals surface area contributed by atoms with E-state index < -0.39 is 269 Å². The van der Waals surface area contributed by atoms with Gasteiger partial charge < -0.3 is 146 Å². The maximum atomic E-state index is 15.3. The van der Waals surface area contributed by atoms with Gasteiger partial charge in [-0.1, -0.05) is 44.2 Å². The van der Waals surface area contributed by atoms with Gasteiger partial charge in [0.25, 0.3) is 5.91 Å². The number of fused-ring (bicyclic) bond motifs is 3. The molecule has 13 amide bonds. The van der Waals surface area contributed by atoms with Crippen molar-refractivity contribution in [2.75, 3.05) is 45.9 Å². The van der Waals surface area contributed by atoms with Gasteiger partial charge in [0, 0.05) is 98.4 Å². The number of ketones is 2. The summed E-state index contributed by atoms with van der Waals surface area (Å²) < 4.78 is 5.47. The first-order valence-corrected chi connectivity index (χ1v) is 41.8. The van der Waals surface area contributed by atoms with Crippen molar-refractivity contribution in [3.63, 3.8) is 0 Å². The highest BCUT2D eigenvalue weighted by Crippen LogP contribution is 2.52. The topological polar surface area (TPSA) is 736 Å². The number of aromatic nitrogens is 3. The molecular formula is C84H107N19O26. The van der Waals surface area contributed by atoms with E-state index in [4.69, 9.17) is 21.6 Å². The monoisotopic (exact) mass is 1800 g/mol. The summed E-state index contributed by atoms with van der Waals surface area (Å²) in [5.74, 6) is -19.5. The van der Waals surface area contributed by atoms with E-state index in [9.17, 15) is 113 Å². The second-order valence-corrected chi connectivity index (χ2v) is 32.3. The summed E-state index contributed by atoms with van der Waals surface area (Å²) in [5.41, 5.74) is 7.64. The Kier molecular flexibility index (Phi) is 33.2. The lowest BCUT2D eigenvalue weighted by Gasteiger charge is -2.40. The quantitative estimate of drug-likeness (QED) is 0.00559. The van der Waals surface area contributed by atoms with E-state index in [1.165, 1.54) is 41.7 Å². The van der Waals surface area contributed by atoms with E-state index in [0.29, 0.717) is 34.1 Å². The number of phenolic OH excluding ortho intramolecular Hbond substituents is 5. The van der Waals surface area contributed by atoms with Gasteiger partial charge in [-0.2, -0.15) is 0 Å². The fraction of sp³-hybridized carbons (Fsp3) is 0.464. The van der Waals surface area contributed by atoms with Gasteiger partial charge in [0.2, 0.25) is 70.9 Å². The number of nitrogens with one attached hydrogen (secondary N) is 15. The highest BCUT2D eigenvalue weighted by Gasteiger charge is 2.50. The summed E-state index contributed by atoms with van der Waals surface area (Å²) in [6.45, 7) is 1.44. The van der Waals surface area contributed by atoms with Crippen LogP contribution in [0.25, 0.3) is 10.9 Å². The number of phenols is 5. The van der Waals surface area contributed by atoms with Crippen molar-refractivity contribution in [3.8, 4) is 28.7 Å². The zero-order valence-electron chi connectivity index (χ0n) is 70.5. The third kappa shape index (κ3) is 24.1. The van der Waals surface area contributed by atoms with Crippen molar-refractivity contribution >= 4 is 105 Å². The largest absolute Gasteiger partial charge is 0.508 e. The van der Waals surface area contributed by atoms with Crippen LogP contribution in [0.1, 0.15) is 161 Å². The number of aromatic hydroxyl groups is 5. The summed E-state index contributed by atoms with van der Waals surface area (Å²) in [6, 6.07) is -0.240. The maximum absolute atomic E-state index is 15.3. The van der Waals surface area contributed by atoms with Gasteiger partial charge in [-0.15, -0.1) is 0 Å². The number of para-hydroxylation sites is 1. The van der Waals surface area contributed by atoms with Crippen molar-refractivity contribution in [1.82, 2.24) is 83.7 Å². The molecule has 694 valence electrons. The minimum absolute atomic E-state index is 0.0238. The number of amides is 13. The molecule has 5 heterocycles. The average molecular weight is 1800 g/mol. The summed E-state index contributed by atoms with van der Waals surface area (Å²) in [5, 5.41) is 148. The number of aliphatic hydroxyl groups excluding tert-OH is 5. The van der Waals surface area contributed by atoms with E-state index in [1.54, 1.807) is 44.3 Å². The fourth-order valence-corrected chi connectivity index (χ4v) is 15.9. The van der Waals surface area contributed by atoms with E-state index in [2.05, 4.69) is 78.8 Å². The molecule has 10 rings (SSSR count). The minimum Gasteiger partial charge on any atom is -0.508 e. The van der Waals surface area contributed by atoms with Gasteiger partial charge in [0.15, 0.2) is 29.0 Å². The number of unbranched alkanes of at least 4 members (excludes halogenated alkanes) is 1. The summed E-state index contributed by atoms with van der Waals surface area (Å²) in [7, 11) is 0. The summed E-state index contributed by atoms with van der Waals surface area (Å²) in [4.78, 5) is 222. The third-order valence-corrected chi connectivity index (χ3v) is 22.6. The number of H-pyrrole nitrogens is 2. The van der Waals surface area contributed by atoms with Crippen molar-refractivity contribution in [2.24, 2.45) is 17.4 Å². The van der Waals surface area contributed by atoms with Gasteiger partial charge in [0.05, 0.1) is 48.3 Å². The molecule has 4 aliphatic rings. The highest BCUT2D eigenvalue weighted by atomic mass is 16.5. The Hall–Kier alpha value is -13.9. The molecule has 14 atom stereocenters. The van der Waals surface area contributed by atoms with Gasteiger partial charge >= 0.3 is 0 Å². The first-order chi connectivity index (χ1) is 61.4. The Morgan fingerprint density at radius 2 is 1.25 bits per heavy atom. The first kappa shape index (κ1) is 97.3. The van der Waals surface area contributed by atoms with E-state index in [-0.39, 0.29) is 113 Å². The molecule has 6 aromatic rings. The van der Waals surface area contributed by atoms with Crippen molar-refractivity contribution in [2.45, 2.75) is 196 Å². The molecule has 0 unspecified atom stereocenters. The number of hydrogen-bond donors (Lipinski definition) is 27. The Labute approximate surface area is 735 Å². The van der Waals surface area contributed by atoms with Crippen LogP contribution < -0.4 is 75.3 Å². The molecule has 4 aromatic carbocycles. The fourth-order valence-electron chi connectivity index (χ4n) is 15.9. The molecule has 2 aromatic heterocycles. The molecule has 129 heavy (non-hydrogen) atoms. The number of likely N-dealkylation sites (tertiary alicyclic amines) is 1. The van der Waals surface area contributed by atoms with E-state index in [0.717, 1.165) is 13.0 Å². The van der Waals surface area contributed by atoms with Crippen LogP contribution in [0.2, 0.25) is 0 Å². The number of aliphatic hydroxyl groups is 5. The SMILES string of the molecule is Cc1c(C(=O)NCCC(=O)NCCCC[C@@H](NC(=O)[C@H](Cc2ccc(O)cc2)NC(=O)[C@H](CO)NC(=O)[C@H](Cc2c[nH]c3ccccc23)NC(=O)[C@H](Cc2cnc[nH]2)NC(=O)[C@@H]2CCC(=O)N2)C(=O)N[C@@H](CC(C)C)C(=O)N[C@@H](CCCNC(=N)N)C(=O)N2CCC[C@H]2C(=O)NCC(N)=O)c(O)cc2c1C(=O)c1c(O)c([C@H]3O[C@H](CO)[C@@H](O)[C@H](O)[C@H]3O)c(O)c(O)c1C2=O. The number of carbonyl (C=O) groups excluding carboxylic acids is 15. The van der Waals surface area contributed by atoms with Gasteiger partial charge in [-0.25, -0.2) is 4.98 Å². The van der Waals surface area contributed by atoms with Crippen LogP contribution in [0, 0.1) is 18.3 Å². The number of hydrogen-bond acceptors (Lipinski definition) is 28. The molecule has 3 fully saturated rings. The second-order valence-electron chi connectivity index (χ2n) is 32.3. The first-order valence-electron chi connectivity index (χ1n) is 41.8. The third-order valence-electron chi connectivity index (χ3n) is 22.6. The van der Waals surface area contributed by atoms with Crippen LogP contribution in [-0.4, -0.2) is 290 Å². The maximum Gasteiger partial charge on any atom is 0.255 e. The predicted molar refractivity (Wildman–Crippen MR) is 451 cm³/mol. The van der Waals surface area contributed by atoms with Crippen molar-refractivity contribution < 1.29 is 128 Å². The van der Waals surface area contributed by atoms with E-state index in [1.807, 2.05) is 0 Å². The standard InChI is InChI=1S/C84H107N19O26/c1-37(2)26-49(76(121)97-48(13-8-23-91-84(86)87)83(128)103-25-9-14-54(103)81(126)93-33-57(85)108)98-74(119)46(12-6-7-22-89-58(109)21-24-90-82(127)61-38(3)60-44(30-55(61)107)65(111)62-63(67(60)113)68(114)64(70(116)69(62)115)73-72(118)71(117)66(112)56(35-105)129-73)96-77(122)50(27-39-15-17-42(106)18-16-39)99-80(125)53(34-104)102-78(123)51(28-40-31-92-45-11-5-4-10-43(40)45)100-79(124)52(29-41-32-88-36-94-41)101-75(120)47-19-20-59(110)95-47/h4-5,10-11,15-18,30-32,36-37,46-54,56,66,71-73,92,104-107,112,114-118H,6-9,12-14,19-29,33-35H2,1-3H3,(H2,85,108)(H,88,94)(H,89,109)(H,90,127)(H,93,126)(H,95,110)(H,96,122)(H,97,121)(H,98,119)(H,99,125)(H,100,124)(H,101,120)(H,102,123)(H4,86,87,91)/t46-,47+,48+,49+,50+,51+,52+,53+,54+,56-,66-,71+,72-,73-/m1/s1. The molecule has 3 aliphatic heterocycles. The number of primary amides is 1. The Bertz CT molecular complexity index is 5220. The molecule has 45 heteroatoms. The predicted octanol–water partition coefficient (Wildman–Crippen LogP) is -5.28. The van der Waals surface area contributed by atoms with Gasteiger partial charge in [-0.3, -0.25) is 77.3 Å². The number of guanidine groups is 1. The number of aromatic amines is 2. The van der Waals surface area contributed by atoms with E-state index >= 15 is 9.59 Å². The lowest BCUT2D eigenvalue weighted by molar-refractivity contribution is -0.232. The number of benzene rings is 4. The summed E-state index contributed by atoms with van der Waals surface area (Å²) in [6.07, 6.45) is -6.57. The smallest absolute Gasteiger partial charge is 0.255 e. The molecule has 0 saturated carbocycles. The summed E-state index contributed by atoms with van der Waals surface area (Å²) >= 11 is 0. The average Bonchev–Trinajstić information content (AvgIpc) is 1.39. The van der Waals surface area contributed by atoms with Crippen LogP contribution in [0.15, 0.2) is 73.3 Å². The zero-order valence-corrected chi connectivity index (χ0v) is 70.5. The number of imidazole rings is 1. The Morgan fingerprint density at radius 1 is 0.628 bits per heavy atom.